The van der Waals surface area contributed by atoms with E-state index in [1.54, 1.807) is 12.1 Å². The van der Waals surface area contributed by atoms with E-state index in [1.165, 1.54) is 6.20 Å². The van der Waals surface area contributed by atoms with Gasteiger partial charge in [0.15, 0.2) is 0 Å². The van der Waals surface area contributed by atoms with Gasteiger partial charge in [-0.3, -0.25) is 0 Å². The molecule has 1 aromatic heterocycles. The topological polar surface area (TPSA) is 77.3 Å². The highest BCUT2D eigenvalue weighted by Crippen LogP contribution is 2.24. The number of aromatic nitrogens is 1. The van der Waals surface area contributed by atoms with Crippen molar-refractivity contribution < 1.29 is 9.66 Å². The zero-order valence-corrected chi connectivity index (χ0v) is 9.63. The fourth-order valence-corrected chi connectivity index (χ4v) is 1.99. The minimum absolute atomic E-state index is 0.0420. The Hall–Kier alpha value is -1.69. The summed E-state index contributed by atoms with van der Waals surface area (Å²) in [7, 11) is 0. The van der Waals surface area contributed by atoms with Crippen LogP contribution in [-0.2, 0) is 4.74 Å². The van der Waals surface area contributed by atoms with Gasteiger partial charge in [-0.15, -0.1) is 0 Å². The Morgan fingerprint density at radius 2 is 2.53 bits per heavy atom. The Balaban J connectivity index is 2.09. The zero-order valence-electron chi connectivity index (χ0n) is 9.63. The van der Waals surface area contributed by atoms with Gasteiger partial charge in [-0.05, 0) is 41.8 Å². The van der Waals surface area contributed by atoms with E-state index in [9.17, 15) is 10.1 Å². The molecule has 1 saturated heterocycles. The molecule has 2 atom stereocenters. The largest absolute Gasteiger partial charge is 0.386 e. The van der Waals surface area contributed by atoms with E-state index in [0.717, 1.165) is 19.4 Å². The number of ether oxygens (including phenoxy) is 1. The first kappa shape index (κ1) is 11.8. The summed E-state index contributed by atoms with van der Waals surface area (Å²) in [5.74, 6) is -0.141. The summed E-state index contributed by atoms with van der Waals surface area (Å²) < 4.78 is 5.53. The second-order valence-electron chi connectivity index (χ2n) is 4.12. The Labute approximate surface area is 99.2 Å². The molecule has 0 spiro atoms. The van der Waals surface area contributed by atoms with Crippen LogP contribution in [0.15, 0.2) is 18.3 Å². The molecule has 2 rings (SSSR count). The smallest absolute Gasteiger partial charge is 0.376 e. The number of hydrogen-bond donors (Lipinski definition) is 1. The Bertz CT molecular complexity index is 405. The molecule has 1 N–H and O–H groups in total. The maximum atomic E-state index is 10.8. The Morgan fingerprint density at radius 3 is 3.18 bits per heavy atom. The SMILES string of the molecule is CC(Nc1cccnc1[N+](=O)[O-])C1CCCO1. The van der Waals surface area contributed by atoms with Gasteiger partial charge in [-0.1, -0.05) is 0 Å². The maximum absolute atomic E-state index is 10.8. The summed E-state index contributed by atoms with van der Waals surface area (Å²) in [5, 5.41) is 13.9. The number of hydrogen-bond acceptors (Lipinski definition) is 5. The first-order valence-corrected chi connectivity index (χ1v) is 5.66. The third kappa shape index (κ3) is 2.71. The van der Waals surface area contributed by atoms with E-state index in [0.29, 0.717) is 5.69 Å². The number of rotatable bonds is 4. The molecule has 0 amide bonds. The van der Waals surface area contributed by atoms with Crippen molar-refractivity contribution in [2.45, 2.75) is 31.9 Å². The van der Waals surface area contributed by atoms with Crippen LogP contribution in [0.1, 0.15) is 19.8 Å². The van der Waals surface area contributed by atoms with Gasteiger partial charge in [-0.2, -0.15) is 0 Å². The van der Waals surface area contributed by atoms with Crippen LogP contribution < -0.4 is 5.32 Å². The van der Waals surface area contributed by atoms with Gasteiger partial charge in [0.2, 0.25) is 0 Å². The van der Waals surface area contributed by atoms with E-state index >= 15 is 0 Å². The van der Waals surface area contributed by atoms with Crippen LogP contribution in [0.2, 0.25) is 0 Å². The molecule has 92 valence electrons. The molecule has 6 heteroatoms. The summed E-state index contributed by atoms with van der Waals surface area (Å²) >= 11 is 0. The van der Waals surface area contributed by atoms with Crippen molar-refractivity contribution in [1.29, 1.82) is 0 Å². The molecule has 1 aliphatic heterocycles. The lowest BCUT2D eigenvalue weighted by Gasteiger charge is -2.20. The minimum Gasteiger partial charge on any atom is -0.376 e. The molecule has 1 fully saturated rings. The molecule has 17 heavy (non-hydrogen) atoms. The van der Waals surface area contributed by atoms with E-state index in [-0.39, 0.29) is 18.0 Å². The van der Waals surface area contributed by atoms with Crippen LogP contribution >= 0.6 is 0 Å². The summed E-state index contributed by atoms with van der Waals surface area (Å²) in [6.07, 6.45) is 3.57. The lowest BCUT2D eigenvalue weighted by molar-refractivity contribution is -0.388. The number of nitrogens with zero attached hydrogens (tertiary/aromatic N) is 2. The molecule has 0 saturated carbocycles. The molecule has 0 aromatic carbocycles. The van der Waals surface area contributed by atoms with Crippen LogP contribution in [0.4, 0.5) is 11.5 Å². The van der Waals surface area contributed by atoms with Gasteiger partial charge in [0.25, 0.3) is 0 Å². The zero-order chi connectivity index (χ0) is 12.3. The molecule has 6 nitrogen and oxygen atoms in total. The van der Waals surface area contributed by atoms with Crippen molar-refractivity contribution >= 4 is 11.5 Å². The van der Waals surface area contributed by atoms with Crippen molar-refractivity contribution in [2.75, 3.05) is 11.9 Å². The van der Waals surface area contributed by atoms with Crippen molar-refractivity contribution in [1.82, 2.24) is 4.98 Å². The Morgan fingerprint density at radius 1 is 1.71 bits per heavy atom. The number of anilines is 1. The molecule has 1 aliphatic rings. The third-order valence-electron chi connectivity index (χ3n) is 2.87. The summed E-state index contributed by atoms with van der Waals surface area (Å²) in [6, 6.07) is 3.38. The normalized spacial score (nSPS) is 21.1. The average Bonchev–Trinajstić information content (AvgIpc) is 2.83. The van der Waals surface area contributed by atoms with Gasteiger partial charge in [0.05, 0.1) is 6.10 Å². The van der Waals surface area contributed by atoms with Crippen LogP contribution in [0, 0.1) is 10.1 Å². The number of nitrogens with one attached hydrogen (secondary N) is 1. The van der Waals surface area contributed by atoms with Gasteiger partial charge in [0.1, 0.15) is 11.9 Å². The second-order valence-corrected chi connectivity index (χ2v) is 4.12. The molecule has 0 radical (unpaired) electrons. The van der Waals surface area contributed by atoms with Gasteiger partial charge < -0.3 is 20.2 Å². The molecular weight excluding hydrogens is 222 g/mol. The fourth-order valence-electron chi connectivity index (χ4n) is 1.99. The Kier molecular flexibility index (Phi) is 3.53. The van der Waals surface area contributed by atoms with Crippen LogP contribution in [0.5, 0.6) is 0 Å². The van der Waals surface area contributed by atoms with Crippen molar-refractivity contribution in [3.8, 4) is 0 Å². The van der Waals surface area contributed by atoms with Crippen molar-refractivity contribution in [2.24, 2.45) is 0 Å². The minimum atomic E-state index is -0.482. The number of nitro groups is 1. The summed E-state index contributed by atoms with van der Waals surface area (Å²) in [6.45, 7) is 2.73. The first-order chi connectivity index (χ1) is 8.18. The van der Waals surface area contributed by atoms with Crippen LogP contribution in [0.25, 0.3) is 0 Å². The highest BCUT2D eigenvalue weighted by Gasteiger charge is 2.24. The predicted molar refractivity (Wildman–Crippen MR) is 63.0 cm³/mol. The molecule has 2 unspecified atom stereocenters. The standard InChI is InChI=1S/C11H15N3O3/c1-8(10-5-3-7-17-10)13-9-4-2-6-12-11(9)14(15)16/h2,4,6,8,10,13H,3,5,7H2,1H3. The first-order valence-electron chi connectivity index (χ1n) is 5.66. The molecular formula is C11H15N3O3. The molecule has 0 bridgehead atoms. The van der Waals surface area contributed by atoms with Crippen molar-refractivity contribution in [3.63, 3.8) is 0 Å². The van der Waals surface area contributed by atoms with E-state index < -0.39 is 4.92 Å². The molecule has 0 aliphatic carbocycles. The molecule has 2 heterocycles. The lowest BCUT2D eigenvalue weighted by Crippen LogP contribution is -2.30. The van der Waals surface area contributed by atoms with Crippen molar-refractivity contribution in [3.05, 3.63) is 28.4 Å². The molecule has 1 aromatic rings. The summed E-state index contributed by atoms with van der Waals surface area (Å²) in [5.41, 5.74) is 0.445. The van der Waals surface area contributed by atoms with E-state index in [2.05, 4.69) is 10.3 Å². The average molecular weight is 237 g/mol. The van der Waals surface area contributed by atoms with Gasteiger partial charge in [0, 0.05) is 12.6 Å². The summed E-state index contributed by atoms with van der Waals surface area (Å²) in [4.78, 5) is 14.1. The maximum Gasteiger partial charge on any atom is 0.386 e. The predicted octanol–water partition coefficient (Wildman–Crippen LogP) is 1.97. The monoisotopic (exact) mass is 237 g/mol. The lowest BCUT2D eigenvalue weighted by atomic mass is 10.1. The second kappa shape index (κ2) is 5.09. The van der Waals surface area contributed by atoms with Crippen LogP contribution in [0.3, 0.4) is 0 Å². The van der Waals surface area contributed by atoms with E-state index in [4.69, 9.17) is 4.74 Å². The van der Waals surface area contributed by atoms with Gasteiger partial charge in [-0.25, -0.2) is 0 Å². The number of pyridine rings is 1. The highest BCUT2D eigenvalue weighted by atomic mass is 16.6. The van der Waals surface area contributed by atoms with E-state index in [1.807, 2.05) is 6.92 Å². The third-order valence-corrected chi connectivity index (χ3v) is 2.87. The quantitative estimate of drug-likeness (QED) is 0.639. The highest BCUT2D eigenvalue weighted by molar-refractivity contribution is 5.57. The van der Waals surface area contributed by atoms with Crippen LogP contribution in [-0.4, -0.2) is 28.7 Å². The fraction of sp³-hybridized carbons (Fsp3) is 0.545. The van der Waals surface area contributed by atoms with Gasteiger partial charge >= 0.3 is 5.82 Å².